The van der Waals surface area contributed by atoms with Crippen LogP contribution >= 0.6 is 24.0 Å². The van der Waals surface area contributed by atoms with Gasteiger partial charge in [-0.25, -0.2) is 0 Å². The maximum Gasteiger partial charge on any atom is 0.416 e. The number of carbonyl (C=O) groups is 2. The van der Waals surface area contributed by atoms with Crippen LogP contribution in [0.4, 0.5) is 24.5 Å². The summed E-state index contributed by atoms with van der Waals surface area (Å²) in [5.74, 6) is -0.272. The van der Waals surface area contributed by atoms with Crippen molar-refractivity contribution in [3.63, 3.8) is 0 Å². The highest BCUT2D eigenvalue weighted by molar-refractivity contribution is 8.27. The number of benzene rings is 3. The predicted molar refractivity (Wildman–Crippen MR) is 150 cm³/mol. The zero-order valence-corrected chi connectivity index (χ0v) is 22.5. The van der Waals surface area contributed by atoms with E-state index in [2.05, 4.69) is 5.32 Å². The lowest BCUT2D eigenvalue weighted by atomic mass is 10.1. The number of thiocarbonyl (C=S) groups is 1. The standard InChI is InChI=1S/C28H23F3N2O4S2/c1-3-36-23-13-18(14-24-26(35)33(27(38)39-24)21-10-7-17(2)8-11-21)9-12-22(23)37-16-25(34)32-20-6-4-5-19(15-20)28(29,30)31/h4-15H,3,16H2,1-2H3,(H,32,34)/b24-14-. The fourth-order valence-corrected chi connectivity index (χ4v) is 4.95. The minimum atomic E-state index is -4.52. The first-order valence-corrected chi connectivity index (χ1v) is 13.0. The molecule has 11 heteroatoms. The van der Waals surface area contributed by atoms with Gasteiger partial charge in [-0.15, -0.1) is 0 Å². The summed E-state index contributed by atoms with van der Waals surface area (Å²) in [7, 11) is 0. The molecule has 4 rings (SSSR count). The smallest absolute Gasteiger partial charge is 0.416 e. The minimum Gasteiger partial charge on any atom is -0.490 e. The molecule has 1 heterocycles. The summed E-state index contributed by atoms with van der Waals surface area (Å²) in [6, 6.07) is 16.8. The fraction of sp³-hybridized carbons (Fsp3) is 0.179. The number of amides is 2. The lowest BCUT2D eigenvalue weighted by molar-refractivity contribution is -0.137. The van der Waals surface area contributed by atoms with Crippen molar-refractivity contribution in [2.24, 2.45) is 0 Å². The second kappa shape index (κ2) is 11.9. The molecular formula is C28H23F3N2O4S2. The van der Waals surface area contributed by atoms with Gasteiger partial charge in [-0.1, -0.05) is 53.8 Å². The highest BCUT2D eigenvalue weighted by Crippen LogP contribution is 2.37. The van der Waals surface area contributed by atoms with Crippen molar-refractivity contribution in [2.45, 2.75) is 20.0 Å². The molecular weight excluding hydrogens is 549 g/mol. The molecule has 0 saturated carbocycles. The van der Waals surface area contributed by atoms with Crippen LogP contribution in [0.5, 0.6) is 11.5 Å². The lowest BCUT2D eigenvalue weighted by Gasteiger charge is -2.14. The Hall–Kier alpha value is -3.83. The highest BCUT2D eigenvalue weighted by Gasteiger charge is 2.33. The maximum atomic E-state index is 13.1. The van der Waals surface area contributed by atoms with Crippen molar-refractivity contribution in [3.8, 4) is 11.5 Å². The average Bonchev–Trinajstić information content (AvgIpc) is 3.16. The first-order chi connectivity index (χ1) is 18.5. The summed E-state index contributed by atoms with van der Waals surface area (Å²) in [5.41, 5.74) is 1.55. The Morgan fingerprint density at radius 2 is 1.79 bits per heavy atom. The normalized spacial score (nSPS) is 14.6. The van der Waals surface area contributed by atoms with Crippen LogP contribution in [0, 0.1) is 6.92 Å². The molecule has 1 aliphatic rings. The van der Waals surface area contributed by atoms with Crippen LogP contribution in [0.15, 0.2) is 71.6 Å². The summed E-state index contributed by atoms with van der Waals surface area (Å²) in [4.78, 5) is 27.3. The number of anilines is 2. The number of nitrogens with one attached hydrogen (secondary N) is 1. The molecule has 39 heavy (non-hydrogen) atoms. The van der Waals surface area contributed by atoms with Crippen LogP contribution in [-0.2, 0) is 15.8 Å². The number of hydrogen-bond donors (Lipinski definition) is 1. The molecule has 1 saturated heterocycles. The number of hydrogen-bond acceptors (Lipinski definition) is 6. The maximum absolute atomic E-state index is 13.1. The van der Waals surface area contributed by atoms with Gasteiger partial charge < -0.3 is 14.8 Å². The van der Waals surface area contributed by atoms with Gasteiger partial charge in [-0.3, -0.25) is 14.5 Å². The number of ether oxygens (including phenoxy) is 2. The molecule has 1 fully saturated rings. The van der Waals surface area contributed by atoms with Gasteiger partial charge in [-0.05, 0) is 68.0 Å². The number of thioether (sulfide) groups is 1. The molecule has 3 aromatic carbocycles. The molecule has 6 nitrogen and oxygen atoms in total. The van der Waals surface area contributed by atoms with E-state index in [-0.39, 0.29) is 17.3 Å². The Kier molecular flexibility index (Phi) is 8.61. The molecule has 0 unspecified atom stereocenters. The SMILES string of the molecule is CCOc1cc(/C=C2\SC(=S)N(c3ccc(C)cc3)C2=O)ccc1OCC(=O)Nc1cccc(C(F)(F)F)c1. The van der Waals surface area contributed by atoms with Gasteiger partial charge in [-0.2, -0.15) is 13.2 Å². The van der Waals surface area contributed by atoms with Crippen molar-refractivity contribution < 1.29 is 32.2 Å². The zero-order valence-electron chi connectivity index (χ0n) is 20.9. The zero-order chi connectivity index (χ0) is 28.2. The van der Waals surface area contributed by atoms with E-state index in [1.807, 2.05) is 31.2 Å². The summed E-state index contributed by atoms with van der Waals surface area (Å²) in [6.45, 7) is 3.60. The van der Waals surface area contributed by atoms with Crippen molar-refractivity contribution in [1.82, 2.24) is 0 Å². The van der Waals surface area contributed by atoms with Crippen LogP contribution in [0.1, 0.15) is 23.6 Å². The molecule has 0 spiro atoms. The Bertz CT molecular complexity index is 1440. The van der Waals surface area contributed by atoms with Gasteiger partial charge in [0.25, 0.3) is 11.8 Å². The second-order valence-corrected chi connectivity index (χ2v) is 10.1. The average molecular weight is 573 g/mol. The van der Waals surface area contributed by atoms with Crippen LogP contribution in [-0.4, -0.2) is 29.3 Å². The third kappa shape index (κ3) is 6.98. The van der Waals surface area contributed by atoms with Gasteiger partial charge in [0.05, 0.1) is 22.8 Å². The summed E-state index contributed by atoms with van der Waals surface area (Å²) < 4.78 is 50.4. The molecule has 0 aromatic heterocycles. The monoisotopic (exact) mass is 572 g/mol. The molecule has 202 valence electrons. The topological polar surface area (TPSA) is 67.9 Å². The predicted octanol–water partition coefficient (Wildman–Crippen LogP) is 6.84. The minimum absolute atomic E-state index is 0.00163. The number of halogens is 3. The first-order valence-electron chi connectivity index (χ1n) is 11.8. The summed E-state index contributed by atoms with van der Waals surface area (Å²) >= 11 is 6.62. The Balaban J connectivity index is 1.45. The van der Waals surface area contributed by atoms with Gasteiger partial charge in [0, 0.05) is 5.69 Å². The van der Waals surface area contributed by atoms with E-state index in [0.717, 1.165) is 17.7 Å². The summed E-state index contributed by atoms with van der Waals surface area (Å²) in [5, 5.41) is 2.39. The Labute approximate surface area is 232 Å². The van der Waals surface area contributed by atoms with Gasteiger partial charge in [0.2, 0.25) is 0 Å². The number of alkyl halides is 3. The molecule has 0 atom stereocenters. The number of nitrogens with zero attached hydrogens (tertiary/aromatic N) is 1. The molecule has 3 aromatic rings. The van der Waals surface area contributed by atoms with Gasteiger partial charge in [0.15, 0.2) is 22.4 Å². The highest BCUT2D eigenvalue weighted by atomic mass is 32.2. The van der Waals surface area contributed by atoms with Crippen LogP contribution < -0.4 is 19.7 Å². The van der Waals surface area contributed by atoms with E-state index in [4.69, 9.17) is 21.7 Å². The molecule has 0 bridgehead atoms. The number of carbonyl (C=O) groups excluding carboxylic acids is 2. The van der Waals surface area contributed by atoms with Crippen molar-refractivity contribution in [3.05, 3.63) is 88.3 Å². The van der Waals surface area contributed by atoms with Crippen LogP contribution in [0.2, 0.25) is 0 Å². The number of aryl methyl sites for hydroxylation is 1. The van der Waals surface area contributed by atoms with E-state index >= 15 is 0 Å². The van der Waals surface area contributed by atoms with Crippen LogP contribution in [0.3, 0.4) is 0 Å². The quantitative estimate of drug-likeness (QED) is 0.236. The lowest BCUT2D eigenvalue weighted by Crippen LogP contribution is -2.27. The molecule has 0 aliphatic carbocycles. The van der Waals surface area contributed by atoms with Crippen molar-refractivity contribution in [1.29, 1.82) is 0 Å². The molecule has 2 amide bonds. The van der Waals surface area contributed by atoms with E-state index in [9.17, 15) is 22.8 Å². The third-order valence-corrected chi connectivity index (χ3v) is 6.79. The van der Waals surface area contributed by atoms with E-state index < -0.39 is 24.3 Å². The molecule has 0 radical (unpaired) electrons. The first kappa shape index (κ1) is 28.2. The molecule has 1 N–H and O–H groups in total. The van der Waals surface area contributed by atoms with Crippen LogP contribution in [0.25, 0.3) is 6.08 Å². The van der Waals surface area contributed by atoms with E-state index in [0.29, 0.717) is 32.8 Å². The van der Waals surface area contributed by atoms with E-state index in [1.165, 1.54) is 28.8 Å². The Morgan fingerprint density at radius 1 is 1.05 bits per heavy atom. The van der Waals surface area contributed by atoms with Gasteiger partial charge >= 0.3 is 6.18 Å². The Morgan fingerprint density at radius 3 is 2.49 bits per heavy atom. The number of rotatable bonds is 8. The van der Waals surface area contributed by atoms with Crippen molar-refractivity contribution in [2.75, 3.05) is 23.4 Å². The molecule has 1 aliphatic heterocycles. The van der Waals surface area contributed by atoms with Gasteiger partial charge in [0.1, 0.15) is 0 Å². The second-order valence-electron chi connectivity index (χ2n) is 8.41. The summed E-state index contributed by atoms with van der Waals surface area (Å²) in [6.07, 6.45) is -2.83. The largest absolute Gasteiger partial charge is 0.490 e. The fourth-order valence-electron chi connectivity index (χ4n) is 3.65. The van der Waals surface area contributed by atoms with E-state index in [1.54, 1.807) is 31.2 Å². The van der Waals surface area contributed by atoms with Crippen molar-refractivity contribution >= 4 is 57.6 Å². The third-order valence-electron chi connectivity index (χ3n) is 5.48.